The number of para-hydroxylation sites is 1. The lowest BCUT2D eigenvalue weighted by Crippen LogP contribution is -2.34. The van der Waals surface area contributed by atoms with E-state index in [1.165, 1.54) is 4.31 Å². The van der Waals surface area contributed by atoms with Gasteiger partial charge in [-0.2, -0.15) is 4.31 Å². The molecule has 0 amide bonds. The van der Waals surface area contributed by atoms with E-state index in [1.54, 1.807) is 30.3 Å². The number of hydrogen-bond donors (Lipinski definition) is 0. The number of halogens is 1. The summed E-state index contributed by atoms with van der Waals surface area (Å²) in [6, 6.07) is 15.8. The molecular formula is C19H18INO3S. The molecule has 0 N–H and O–H groups in total. The highest BCUT2D eigenvalue weighted by Gasteiger charge is 2.24. The van der Waals surface area contributed by atoms with Crippen molar-refractivity contribution in [3.05, 3.63) is 70.3 Å². The molecule has 0 unspecified atom stereocenters. The van der Waals surface area contributed by atoms with Crippen molar-refractivity contribution in [3.63, 3.8) is 0 Å². The molecule has 4 nitrogen and oxygen atoms in total. The molecule has 0 saturated carbocycles. The first-order valence-corrected chi connectivity index (χ1v) is 9.99. The number of benzene rings is 2. The number of ether oxygens (including phenoxy) is 1. The summed E-state index contributed by atoms with van der Waals surface area (Å²) in [5, 5.41) is 0. The van der Waals surface area contributed by atoms with Gasteiger partial charge in [-0.1, -0.05) is 42.8 Å². The van der Waals surface area contributed by atoms with Crippen molar-refractivity contribution in [2.24, 2.45) is 0 Å². The summed E-state index contributed by atoms with van der Waals surface area (Å²) in [6.45, 7) is 4.21. The first-order chi connectivity index (χ1) is 11.9. The van der Waals surface area contributed by atoms with Gasteiger partial charge in [-0.25, -0.2) is 8.42 Å². The van der Waals surface area contributed by atoms with Crippen LogP contribution in [0.1, 0.15) is 0 Å². The fourth-order valence-electron chi connectivity index (χ4n) is 2.11. The lowest BCUT2D eigenvalue weighted by atomic mass is 10.3. The Morgan fingerprint density at radius 2 is 1.80 bits per heavy atom. The first kappa shape index (κ1) is 19.5. The normalized spacial score (nSPS) is 11.1. The summed E-state index contributed by atoms with van der Waals surface area (Å²) in [7, 11) is -3.68. The Morgan fingerprint density at radius 3 is 2.44 bits per heavy atom. The largest absolute Gasteiger partial charge is 0.488 e. The molecule has 0 aromatic heterocycles. The predicted octanol–water partition coefficient (Wildman–Crippen LogP) is 3.55. The average molecular weight is 467 g/mol. The van der Waals surface area contributed by atoms with Crippen molar-refractivity contribution in [2.75, 3.05) is 19.7 Å². The number of sulfonamides is 1. The fraction of sp³-hybridized carbons (Fsp3) is 0.158. The maximum absolute atomic E-state index is 12.7. The smallest absolute Gasteiger partial charge is 0.244 e. The Morgan fingerprint density at radius 1 is 1.16 bits per heavy atom. The van der Waals surface area contributed by atoms with Gasteiger partial charge in [0, 0.05) is 6.54 Å². The minimum Gasteiger partial charge on any atom is -0.488 e. The van der Waals surface area contributed by atoms with E-state index in [9.17, 15) is 8.42 Å². The average Bonchev–Trinajstić information content (AvgIpc) is 2.61. The molecule has 0 aliphatic rings. The van der Waals surface area contributed by atoms with Gasteiger partial charge in [0.1, 0.15) is 12.4 Å². The Kier molecular flexibility index (Phi) is 7.05. The van der Waals surface area contributed by atoms with Gasteiger partial charge >= 0.3 is 0 Å². The molecule has 2 aromatic rings. The van der Waals surface area contributed by atoms with E-state index in [1.807, 2.05) is 24.3 Å². The van der Waals surface area contributed by atoms with Crippen LogP contribution in [0.3, 0.4) is 0 Å². The van der Waals surface area contributed by atoms with E-state index in [4.69, 9.17) is 11.2 Å². The zero-order valence-electron chi connectivity index (χ0n) is 13.6. The Bertz CT molecular complexity index is 873. The summed E-state index contributed by atoms with van der Waals surface area (Å²) in [5.41, 5.74) is 0.620. The maximum Gasteiger partial charge on any atom is 0.244 e. The maximum atomic E-state index is 12.7. The van der Waals surface area contributed by atoms with Crippen LogP contribution in [0.5, 0.6) is 5.75 Å². The SMILES string of the molecule is C#CCN(CC(=C)COc1ccccc1I)S(=O)(=O)c1ccccc1. The van der Waals surface area contributed by atoms with Crippen LogP contribution in [0.15, 0.2) is 71.6 Å². The minimum absolute atomic E-state index is 0.0287. The quantitative estimate of drug-likeness (QED) is 0.339. The van der Waals surface area contributed by atoms with Gasteiger partial charge in [-0.15, -0.1) is 6.42 Å². The second kappa shape index (κ2) is 9.04. The topological polar surface area (TPSA) is 46.6 Å². The molecule has 6 heteroatoms. The van der Waals surface area contributed by atoms with Gasteiger partial charge in [0.25, 0.3) is 0 Å². The molecule has 2 rings (SSSR count). The van der Waals surface area contributed by atoms with Crippen LogP contribution < -0.4 is 4.74 Å². The van der Waals surface area contributed by atoms with E-state index >= 15 is 0 Å². The van der Waals surface area contributed by atoms with Crippen molar-refractivity contribution in [1.29, 1.82) is 0 Å². The van der Waals surface area contributed by atoms with Crippen LogP contribution in [-0.4, -0.2) is 32.4 Å². The standard InChI is InChI=1S/C19H18INO3S/c1-3-13-21(25(22,23)17-9-5-4-6-10-17)14-16(2)15-24-19-12-8-7-11-18(19)20/h1,4-12H,2,13-15H2. The first-order valence-electron chi connectivity index (χ1n) is 7.48. The summed E-state index contributed by atoms with van der Waals surface area (Å²) in [6.07, 6.45) is 5.35. The molecule has 0 atom stereocenters. The highest BCUT2D eigenvalue weighted by atomic mass is 127. The molecule has 0 aliphatic carbocycles. The third-order valence-corrected chi connectivity index (χ3v) is 6.01. The van der Waals surface area contributed by atoms with Gasteiger partial charge < -0.3 is 4.74 Å². The Balaban J connectivity index is 2.07. The molecule has 0 heterocycles. The molecule has 0 bridgehead atoms. The van der Waals surface area contributed by atoms with E-state index in [0.29, 0.717) is 5.57 Å². The summed E-state index contributed by atoms with van der Waals surface area (Å²) >= 11 is 2.18. The predicted molar refractivity (Wildman–Crippen MR) is 108 cm³/mol. The van der Waals surface area contributed by atoms with Gasteiger partial charge in [0.05, 0.1) is 15.0 Å². The molecule has 0 spiro atoms. The van der Waals surface area contributed by atoms with Crippen LogP contribution in [0.2, 0.25) is 0 Å². The van der Waals surface area contributed by atoms with Crippen molar-refractivity contribution in [3.8, 4) is 18.1 Å². The highest BCUT2D eigenvalue weighted by molar-refractivity contribution is 14.1. The van der Waals surface area contributed by atoms with Crippen LogP contribution in [0.25, 0.3) is 0 Å². The van der Waals surface area contributed by atoms with Crippen molar-refractivity contribution in [1.82, 2.24) is 4.31 Å². The zero-order valence-corrected chi connectivity index (χ0v) is 16.5. The molecule has 2 aromatic carbocycles. The molecule has 130 valence electrons. The van der Waals surface area contributed by atoms with Crippen molar-refractivity contribution in [2.45, 2.75) is 4.90 Å². The van der Waals surface area contributed by atoms with Gasteiger partial charge in [-0.3, -0.25) is 0 Å². The van der Waals surface area contributed by atoms with Crippen molar-refractivity contribution < 1.29 is 13.2 Å². The lowest BCUT2D eigenvalue weighted by molar-refractivity contribution is 0.337. The summed E-state index contributed by atoms with van der Waals surface area (Å²) < 4.78 is 33.4. The van der Waals surface area contributed by atoms with E-state index in [-0.39, 0.29) is 24.6 Å². The van der Waals surface area contributed by atoms with Crippen molar-refractivity contribution >= 4 is 32.6 Å². The Labute approximate surface area is 162 Å². The zero-order chi connectivity index (χ0) is 18.3. The van der Waals surface area contributed by atoms with Crippen LogP contribution in [-0.2, 0) is 10.0 Å². The number of rotatable bonds is 8. The van der Waals surface area contributed by atoms with Gasteiger partial charge in [0.15, 0.2) is 0 Å². The van der Waals surface area contributed by atoms with Gasteiger partial charge in [0.2, 0.25) is 10.0 Å². The van der Waals surface area contributed by atoms with Crippen LogP contribution in [0.4, 0.5) is 0 Å². The highest BCUT2D eigenvalue weighted by Crippen LogP contribution is 2.21. The minimum atomic E-state index is -3.68. The van der Waals surface area contributed by atoms with Crippen LogP contribution in [0, 0.1) is 15.9 Å². The van der Waals surface area contributed by atoms with E-state index in [0.717, 1.165) is 9.32 Å². The molecule has 0 aliphatic heterocycles. The summed E-state index contributed by atoms with van der Waals surface area (Å²) in [4.78, 5) is 0.205. The summed E-state index contributed by atoms with van der Waals surface area (Å²) in [5.74, 6) is 3.13. The molecule has 25 heavy (non-hydrogen) atoms. The second-order valence-corrected chi connectivity index (χ2v) is 8.36. The third-order valence-electron chi connectivity index (χ3n) is 3.32. The fourth-order valence-corrected chi connectivity index (χ4v) is 4.05. The second-order valence-electron chi connectivity index (χ2n) is 5.26. The van der Waals surface area contributed by atoms with Crippen LogP contribution >= 0.6 is 22.6 Å². The Hall–Kier alpha value is -1.82. The van der Waals surface area contributed by atoms with E-state index in [2.05, 4.69) is 35.1 Å². The number of nitrogens with zero attached hydrogens (tertiary/aromatic N) is 1. The lowest BCUT2D eigenvalue weighted by Gasteiger charge is -2.21. The number of hydrogen-bond acceptors (Lipinski definition) is 3. The molecular weight excluding hydrogens is 449 g/mol. The third kappa shape index (κ3) is 5.33. The van der Waals surface area contributed by atoms with Gasteiger partial charge in [-0.05, 0) is 52.4 Å². The molecule has 0 fully saturated rings. The monoisotopic (exact) mass is 467 g/mol. The molecule has 0 radical (unpaired) electrons. The van der Waals surface area contributed by atoms with E-state index < -0.39 is 10.0 Å². The molecule has 0 saturated heterocycles. The number of terminal acetylenes is 1.